The van der Waals surface area contributed by atoms with Crippen LogP contribution in [0.25, 0.3) is 0 Å². The highest BCUT2D eigenvalue weighted by Crippen LogP contribution is 2.28. The van der Waals surface area contributed by atoms with Gasteiger partial charge in [0.05, 0.1) is 10.7 Å². The SMILES string of the molecule is CCOC(OCC)C(NN)c1occc1Br. The Kier molecular flexibility index (Phi) is 6.00. The maximum absolute atomic E-state index is 5.50. The second kappa shape index (κ2) is 7.03. The number of halogens is 1. The molecule has 1 atom stereocenters. The minimum atomic E-state index is -0.470. The van der Waals surface area contributed by atoms with Gasteiger partial charge in [-0.25, -0.2) is 5.43 Å². The van der Waals surface area contributed by atoms with Crippen LogP contribution in [0.4, 0.5) is 0 Å². The van der Waals surface area contributed by atoms with Crippen LogP contribution in [0.3, 0.4) is 0 Å². The van der Waals surface area contributed by atoms with Gasteiger partial charge >= 0.3 is 0 Å². The van der Waals surface area contributed by atoms with Gasteiger partial charge in [0.15, 0.2) is 6.29 Å². The van der Waals surface area contributed by atoms with Gasteiger partial charge in [0.1, 0.15) is 11.8 Å². The molecule has 0 aliphatic carbocycles. The summed E-state index contributed by atoms with van der Waals surface area (Å²) in [4.78, 5) is 0. The average molecular weight is 293 g/mol. The molecule has 1 aromatic heterocycles. The topological polar surface area (TPSA) is 69.7 Å². The Morgan fingerprint density at radius 3 is 2.44 bits per heavy atom. The van der Waals surface area contributed by atoms with E-state index in [-0.39, 0.29) is 6.04 Å². The summed E-state index contributed by atoms with van der Waals surface area (Å²) in [7, 11) is 0. The van der Waals surface area contributed by atoms with Gasteiger partial charge in [-0.05, 0) is 35.8 Å². The van der Waals surface area contributed by atoms with Crippen molar-refractivity contribution in [3.05, 3.63) is 22.6 Å². The van der Waals surface area contributed by atoms with Crippen molar-refractivity contribution in [3.8, 4) is 0 Å². The lowest BCUT2D eigenvalue weighted by Crippen LogP contribution is -2.39. The van der Waals surface area contributed by atoms with E-state index < -0.39 is 6.29 Å². The Morgan fingerprint density at radius 1 is 1.44 bits per heavy atom. The van der Waals surface area contributed by atoms with Crippen molar-refractivity contribution in [1.82, 2.24) is 5.43 Å². The fourth-order valence-corrected chi connectivity index (χ4v) is 1.82. The average Bonchev–Trinajstić information content (AvgIpc) is 2.67. The van der Waals surface area contributed by atoms with E-state index in [2.05, 4.69) is 21.4 Å². The van der Waals surface area contributed by atoms with Crippen LogP contribution in [0.1, 0.15) is 25.6 Å². The van der Waals surface area contributed by atoms with Gasteiger partial charge in [-0.3, -0.25) is 5.84 Å². The molecule has 92 valence electrons. The first-order chi connectivity index (χ1) is 7.74. The third kappa shape index (κ3) is 3.29. The lowest BCUT2D eigenvalue weighted by atomic mass is 10.2. The molecule has 0 aliphatic rings. The molecule has 5 nitrogen and oxygen atoms in total. The Morgan fingerprint density at radius 2 is 2.06 bits per heavy atom. The third-order valence-electron chi connectivity index (χ3n) is 2.04. The Labute approximate surface area is 103 Å². The monoisotopic (exact) mass is 292 g/mol. The molecule has 6 heteroatoms. The number of furan rings is 1. The van der Waals surface area contributed by atoms with Crippen LogP contribution in [0.5, 0.6) is 0 Å². The zero-order chi connectivity index (χ0) is 12.0. The molecule has 0 radical (unpaired) electrons. The summed E-state index contributed by atoms with van der Waals surface area (Å²) >= 11 is 3.38. The Bertz CT molecular complexity index is 300. The van der Waals surface area contributed by atoms with Crippen LogP contribution >= 0.6 is 15.9 Å². The second-order valence-corrected chi connectivity index (χ2v) is 3.91. The van der Waals surface area contributed by atoms with E-state index in [0.717, 1.165) is 4.47 Å². The van der Waals surface area contributed by atoms with Gasteiger partial charge in [0, 0.05) is 13.2 Å². The number of nitrogens with two attached hydrogens (primary N) is 1. The van der Waals surface area contributed by atoms with E-state index in [1.165, 1.54) is 0 Å². The van der Waals surface area contributed by atoms with Crippen molar-refractivity contribution < 1.29 is 13.9 Å². The summed E-state index contributed by atoms with van der Waals surface area (Å²) in [5, 5.41) is 0. The second-order valence-electron chi connectivity index (χ2n) is 3.06. The normalized spacial score (nSPS) is 13.3. The first-order valence-electron chi connectivity index (χ1n) is 5.16. The summed E-state index contributed by atoms with van der Waals surface area (Å²) in [6.07, 6.45) is 1.11. The number of nitrogens with one attached hydrogen (secondary N) is 1. The Hall–Kier alpha value is -0.400. The van der Waals surface area contributed by atoms with E-state index in [1.807, 2.05) is 13.8 Å². The quantitative estimate of drug-likeness (QED) is 0.457. The van der Waals surface area contributed by atoms with Crippen molar-refractivity contribution in [2.45, 2.75) is 26.2 Å². The molecule has 0 spiro atoms. The molecule has 0 amide bonds. The summed E-state index contributed by atoms with van der Waals surface area (Å²) < 4.78 is 17.1. The molecule has 0 aliphatic heterocycles. The zero-order valence-corrected chi connectivity index (χ0v) is 11.0. The van der Waals surface area contributed by atoms with Gasteiger partial charge in [0.25, 0.3) is 0 Å². The highest BCUT2D eigenvalue weighted by molar-refractivity contribution is 9.10. The molecular formula is C10H17BrN2O3. The lowest BCUT2D eigenvalue weighted by molar-refractivity contribution is -0.158. The van der Waals surface area contributed by atoms with Gasteiger partial charge < -0.3 is 13.9 Å². The fourth-order valence-electron chi connectivity index (χ4n) is 1.37. The van der Waals surface area contributed by atoms with Crippen molar-refractivity contribution >= 4 is 15.9 Å². The van der Waals surface area contributed by atoms with Crippen molar-refractivity contribution in [3.63, 3.8) is 0 Å². The molecular weight excluding hydrogens is 276 g/mol. The fraction of sp³-hybridized carbons (Fsp3) is 0.600. The largest absolute Gasteiger partial charge is 0.466 e. The summed E-state index contributed by atoms with van der Waals surface area (Å²) in [6.45, 7) is 4.88. The van der Waals surface area contributed by atoms with Crippen LogP contribution in [-0.4, -0.2) is 19.5 Å². The standard InChI is InChI=1S/C10H17BrN2O3/c1-3-14-10(15-4-2)8(13-12)9-7(11)5-6-16-9/h5-6,8,10,13H,3-4,12H2,1-2H3. The number of rotatable bonds is 7. The molecule has 0 saturated heterocycles. The number of ether oxygens (including phenoxy) is 2. The predicted octanol–water partition coefficient (Wildman–Crippen LogP) is 1.95. The molecule has 0 fully saturated rings. The maximum atomic E-state index is 5.50. The minimum absolute atomic E-state index is 0.343. The molecule has 1 unspecified atom stereocenters. The first kappa shape index (κ1) is 13.7. The first-order valence-corrected chi connectivity index (χ1v) is 5.96. The van der Waals surface area contributed by atoms with Crippen LogP contribution < -0.4 is 11.3 Å². The third-order valence-corrected chi connectivity index (χ3v) is 2.70. The van der Waals surface area contributed by atoms with Gasteiger partial charge in [0.2, 0.25) is 0 Å². The van der Waals surface area contributed by atoms with Crippen molar-refractivity contribution in [2.24, 2.45) is 5.84 Å². The number of hydrogen-bond donors (Lipinski definition) is 2. The lowest BCUT2D eigenvalue weighted by Gasteiger charge is -2.24. The van der Waals surface area contributed by atoms with Crippen molar-refractivity contribution in [1.29, 1.82) is 0 Å². The molecule has 1 heterocycles. The van der Waals surface area contributed by atoms with Gasteiger partial charge in [-0.15, -0.1) is 0 Å². The van der Waals surface area contributed by atoms with Crippen LogP contribution in [0.15, 0.2) is 21.2 Å². The van der Waals surface area contributed by atoms with E-state index in [9.17, 15) is 0 Å². The molecule has 1 aromatic rings. The highest BCUT2D eigenvalue weighted by Gasteiger charge is 2.27. The van der Waals surface area contributed by atoms with Crippen LogP contribution in [0.2, 0.25) is 0 Å². The highest BCUT2D eigenvalue weighted by atomic mass is 79.9. The van der Waals surface area contributed by atoms with Crippen molar-refractivity contribution in [2.75, 3.05) is 13.2 Å². The summed E-state index contributed by atoms with van der Waals surface area (Å²) in [5.41, 5.74) is 2.64. The number of hydrazine groups is 1. The Balaban J connectivity index is 2.81. The summed E-state index contributed by atoms with van der Waals surface area (Å²) in [6, 6.07) is 1.46. The van der Waals surface area contributed by atoms with Gasteiger partial charge in [-0.2, -0.15) is 0 Å². The molecule has 0 aromatic carbocycles. The number of hydrogen-bond acceptors (Lipinski definition) is 5. The maximum Gasteiger partial charge on any atom is 0.181 e. The predicted molar refractivity (Wildman–Crippen MR) is 63.5 cm³/mol. The van der Waals surface area contributed by atoms with Crippen LogP contribution in [0, 0.1) is 0 Å². The molecule has 1 rings (SSSR count). The molecule has 3 N–H and O–H groups in total. The molecule has 0 bridgehead atoms. The van der Waals surface area contributed by atoms with Gasteiger partial charge in [-0.1, -0.05) is 0 Å². The zero-order valence-electron chi connectivity index (χ0n) is 9.40. The van der Waals surface area contributed by atoms with E-state index in [0.29, 0.717) is 19.0 Å². The molecule has 16 heavy (non-hydrogen) atoms. The molecule has 0 saturated carbocycles. The van der Waals surface area contributed by atoms with Crippen LogP contribution in [-0.2, 0) is 9.47 Å². The minimum Gasteiger partial charge on any atom is -0.466 e. The summed E-state index contributed by atoms with van der Waals surface area (Å²) in [5.74, 6) is 6.16. The van der Waals surface area contributed by atoms with E-state index >= 15 is 0 Å². The van der Waals surface area contributed by atoms with E-state index in [1.54, 1.807) is 12.3 Å². The van der Waals surface area contributed by atoms with E-state index in [4.69, 9.17) is 19.7 Å². The smallest absolute Gasteiger partial charge is 0.181 e.